The number of sulfonamides is 1. The van der Waals surface area contributed by atoms with E-state index in [4.69, 9.17) is 5.84 Å². The molecule has 2 aromatic heterocycles. The lowest BCUT2D eigenvalue weighted by Crippen LogP contribution is -2.19. The molecular formula is C11H14N6O2S. The molecule has 2 aromatic rings. The van der Waals surface area contributed by atoms with Crippen molar-refractivity contribution in [1.29, 1.82) is 0 Å². The summed E-state index contributed by atoms with van der Waals surface area (Å²) in [5, 5.41) is 0. The lowest BCUT2D eigenvalue weighted by molar-refractivity contribution is 0.600. The number of aryl methyl sites for hydroxylation is 2. The van der Waals surface area contributed by atoms with Gasteiger partial charge in [0.05, 0.1) is 0 Å². The van der Waals surface area contributed by atoms with Gasteiger partial charge >= 0.3 is 0 Å². The molecule has 9 heteroatoms. The van der Waals surface area contributed by atoms with Crippen LogP contribution in [-0.2, 0) is 10.0 Å². The second-order valence-electron chi connectivity index (χ2n) is 4.07. The monoisotopic (exact) mass is 294 g/mol. The van der Waals surface area contributed by atoms with Gasteiger partial charge in [0.2, 0.25) is 5.95 Å². The number of hydrogen-bond acceptors (Lipinski definition) is 7. The molecule has 0 aromatic carbocycles. The Morgan fingerprint density at radius 3 is 2.45 bits per heavy atom. The predicted octanol–water partition coefficient (Wildman–Crippen LogP) is 0.575. The van der Waals surface area contributed by atoms with E-state index >= 15 is 0 Å². The van der Waals surface area contributed by atoms with Gasteiger partial charge in [-0.2, -0.15) is 0 Å². The van der Waals surface area contributed by atoms with Gasteiger partial charge in [0.25, 0.3) is 10.0 Å². The molecule has 2 rings (SSSR count). The van der Waals surface area contributed by atoms with E-state index in [0.717, 1.165) is 0 Å². The van der Waals surface area contributed by atoms with E-state index in [1.54, 1.807) is 19.9 Å². The average molecular weight is 294 g/mol. The second kappa shape index (κ2) is 5.39. The minimum absolute atomic E-state index is 0.00863. The number of aromatic nitrogens is 3. The molecule has 106 valence electrons. The molecule has 8 nitrogen and oxygen atoms in total. The first-order valence-corrected chi connectivity index (χ1v) is 7.17. The van der Waals surface area contributed by atoms with Crippen LogP contribution in [0.1, 0.15) is 11.4 Å². The average Bonchev–Trinajstić information content (AvgIpc) is 2.36. The molecule has 4 N–H and O–H groups in total. The summed E-state index contributed by atoms with van der Waals surface area (Å²) in [5.41, 5.74) is 3.57. The van der Waals surface area contributed by atoms with Crippen molar-refractivity contribution in [2.75, 3.05) is 10.1 Å². The third-order valence-electron chi connectivity index (χ3n) is 2.40. The van der Waals surface area contributed by atoms with Gasteiger partial charge in [0.1, 0.15) is 4.90 Å². The van der Waals surface area contributed by atoms with Crippen molar-refractivity contribution in [3.05, 3.63) is 35.8 Å². The van der Waals surface area contributed by atoms with Crippen LogP contribution in [0.3, 0.4) is 0 Å². The Morgan fingerprint density at radius 2 is 1.85 bits per heavy atom. The van der Waals surface area contributed by atoms with E-state index in [1.165, 1.54) is 18.3 Å². The lowest BCUT2D eigenvalue weighted by Gasteiger charge is -2.10. The molecule has 20 heavy (non-hydrogen) atoms. The van der Waals surface area contributed by atoms with Crippen LogP contribution < -0.4 is 16.0 Å². The summed E-state index contributed by atoms with van der Waals surface area (Å²) in [6.45, 7) is 3.51. The summed E-state index contributed by atoms with van der Waals surface area (Å²) in [5.74, 6) is 5.31. The molecule has 0 saturated heterocycles. The van der Waals surface area contributed by atoms with Crippen LogP contribution in [-0.4, -0.2) is 23.4 Å². The fourth-order valence-corrected chi connectivity index (χ4v) is 2.73. The molecule has 0 amide bonds. The normalized spacial score (nSPS) is 11.2. The Balaban J connectivity index is 2.41. The Kier molecular flexibility index (Phi) is 3.81. The smallest absolute Gasteiger partial charge is 0.267 e. The van der Waals surface area contributed by atoms with E-state index < -0.39 is 10.0 Å². The minimum atomic E-state index is -3.87. The molecule has 0 aliphatic rings. The van der Waals surface area contributed by atoms with Crippen LogP contribution in [0.15, 0.2) is 29.3 Å². The van der Waals surface area contributed by atoms with E-state index in [2.05, 4.69) is 25.1 Å². The zero-order valence-electron chi connectivity index (χ0n) is 11.0. The first-order valence-electron chi connectivity index (χ1n) is 5.69. The third-order valence-corrected chi connectivity index (χ3v) is 3.76. The molecule has 0 radical (unpaired) electrons. The summed E-state index contributed by atoms with van der Waals surface area (Å²) in [6.07, 6.45) is 1.43. The number of nitrogens with one attached hydrogen (secondary N) is 2. The van der Waals surface area contributed by atoms with Gasteiger partial charge in [0.15, 0.2) is 5.82 Å². The highest BCUT2D eigenvalue weighted by Gasteiger charge is 2.20. The largest absolute Gasteiger partial charge is 0.307 e. The summed E-state index contributed by atoms with van der Waals surface area (Å²) < 4.78 is 26.9. The molecule has 0 spiro atoms. The fourth-order valence-electron chi connectivity index (χ4n) is 1.66. The highest BCUT2D eigenvalue weighted by atomic mass is 32.2. The van der Waals surface area contributed by atoms with Crippen molar-refractivity contribution in [3.63, 3.8) is 0 Å². The summed E-state index contributed by atoms with van der Waals surface area (Å²) in [6, 6.07) is 4.62. The molecule has 2 heterocycles. The van der Waals surface area contributed by atoms with Crippen LogP contribution in [0.4, 0.5) is 11.8 Å². The number of rotatable bonds is 4. The molecule has 0 atom stereocenters. The maximum absolute atomic E-state index is 12.3. The standard InChI is InChI=1S/C11H14N6O2S/c1-7-6-8(2)15-11(14-7)17-20(18,19)9-4-3-5-13-10(9)16-12/h3-6H,12H2,1-2H3,(H,13,16)(H,14,15,17). The highest BCUT2D eigenvalue weighted by molar-refractivity contribution is 7.92. The van der Waals surface area contributed by atoms with Crippen LogP contribution in [0.2, 0.25) is 0 Å². The predicted molar refractivity (Wildman–Crippen MR) is 74.4 cm³/mol. The SMILES string of the molecule is Cc1cc(C)nc(NS(=O)(=O)c2cccnc2NN)n1. The quantitative estimate of drug-likeness (QED) is 0.556. The molecule has 0 fully saturated rings. The molecule has 0 unspecified atom stereocenters. The summed E-state index contributed by atoms with van der Waals surface area (Å²) in [7, 11) is -3.87. The van der Waals surface area contributed by atoms with Gasteiger partial charge in [-0.3, -0.25) is 0 Å². The fraction of sp³-hybridized carbons (Fsp3) is 0.182. The van der Waals surface area contributed by atoms with Gasteiger partial charge in [-0.05, 0) is 32.0 Å². The van der Waals surface area contributed by atoms with Gasteiger partial charge in [0, 0.05) is 17.6 Å². The number of hydrazine groups is 1. The number of anilines is 2. The molecular weight excluding hydrogens is 280 g/mol. The van der Waals surface area contributed by atoms with Gasteiger partial charge < -0.3 is 5.43 Å². The molecule has 0 aliphatic heterocycles. The van der Waals surface area contributed by atoms with E-state index in [0.29, 0.717) is 11.4 Å². The highest BCUT2D eigenvalue weighted by Crippen LogP contribution is 2.19. The first kappa shape index (κ1) is 14.2. The number of nitrogen functional groups attached to an aromatic ring is 1. The first-order chi connectivity index (χ1) is 9.42. The Bertz CT molecular complexity index is 711. The van der Waals surface area contributed by atoms with Gasteiger partial charge in [-0.25, -0.2) is 33.9 Å². The van der Waals surface area contributed by atoms with Crippen LogP contribution in [0.25, 0.3) is 0 Å². The van der Waals surface area contributed by atoms with Crippen LogP contribution in [0, 0.1) is 13.8 Å². The van der Waals surface area contributed by atoms with E-state index in [-0.39, 0.29) is 16.7 Å². The van der Waals surface area contributed by atoms with Crippen LogP contribution >= 0.6 is 0 Å². The van der Waals surface area contributed by atoms with Crippen molar-refractivity contribution in [3.8, 4) is 0 Å². The van der Waals surface area contributed by atoms with Crippen molar-refractivity contribution in [2.45, 2.75) is 18.7 Å². The Hall–Kier alpha value is -2.26. The lowest BCUT2D eigenvalue weighted by atomic mass is 10.4. The number of pyridine rings is 1. The number of hydrogen-bond donors (Lipinski definition) is 3. The minimum Gasteiger partial charge on any atom is -0.307 e. The second-order valence-corrected chi connectivity index (χ2v) is 5.73. The van der Waals surface area contributed by atoms with Crippen molar-refractivity contribution in [1.82, 2.24) is 15.0 Å². The van der Waals surface area contributed by atoms with Crippen LogP contribution in [0.5, 0.6) is 0 Å². The van der Waals surface area contributed by atoms with Gasteiger partial charge in [-0.1, -0.05) is 0 Å². The summed E-state index contributed by atoms with van der Waals surface area (Å²) >= 11 is 0. The number of nitrogens with two attached hydrogens (primary N) is 1. The van der Waals surface area contributed by atoms with Crippen molar-refractivity contribution >= 4 is 21.8 Å². The zero-order valence-corrected chi connectivity index (χ0v) is 11.8. The van der Waals surface area contributed by atoms with Crippen molar-refractivity contribution < 1.29 is 8.42 Å². The van der Waals surface area contributed by atoms with Gasteiger partial charge in [-0.15, -0.1) is 0 Å². The topological polar surface area (TPSA) is 123 Å². The van der Waals surface area contributed by atoms with E-state index in [1.807, 2.05) is 0 Å². The molecule has 0 bridgehead atoms. The Morgan fingerprint density at radius 1 is 1.20 bits per heavy atom. The summed E-state index contributed by atoms with van der Waals surface area (Å²) in [4.78, 5) is 11.8. The van der Waals surface area contributed by atoms with Crippen molar-refractivity contribution in [2.24, 2.45) is 5.84 Å². The number of nitrogens with zero attached hydrogens (tertiary/aromatic N) is 3. The third kappa shape index (κ3) is 3.00. The zero-order chi connectivity index (χ0) is 14.8. The molecule has 0 aliphatic carbocycles. The maximum atomic E-state index is 12.3. The van der Waals surface area contributed by atoms with E-state index in [9.17, 15) is 8.42 Å². The molecule has 0 saturated carbocycles. The Labute approximate surface area is 116 Å². The maximum Gasteiger partial charge on any atom is 0.267 e.